The average molecular weight is 437 g/mol. The number of thiocarbonyl (C=S) groups is 1. The zero-order chi connectivity index (χ0) is 22.8. The molecule has 0 atom stereocenters. The molecule has 3 rings (SSSR count). The monoisotopic (exact) mass is 436 g/mol. The highest BCUT2D eigenvalue weighted by atomic mass is 32.1. The zero-order valence-corrected chi connectivity index (χ0v) is 19.5. The van der Waals surface area contributed by atoms with E-state index < -0.39 is 0 Å². The molecule has 0 saturated carbocycles. The van der Waals surface area contributed by atoms with Crippen molar-refractivity contribution < 1.29 is 9.53 Å². The Balaban J connectivity index is 1.81. The van der Waals surface area contributed by atoms with Crippen molar-refractivity contribution in [3.63, 3.8) is 0 Å². The Morgan fingerprint density at radius 1 is 1.19 bits per heavy atom. The predicted octanol–water partition coefficient (Wildman–Crippen LogP) is 4.08. The maximum atomic E-state index is 11.3. The van der Waals surface area contributed by atoms with E-state index >= 15 is 0 Å². The lowest BCUT2D eigenvalue weighted by Gasteiger charge is -2.31. The number of anilines is 2. The molecule has 1 N–H and O–H groups in total. The number of nitriles is 1. The van der Waals surface area contributed by atoms with Crippen LogP contribution in [0.5, 0.6) is 5.75 Å². The van der Waals surface area contributed by atoms with Gasteiger partial charge in [-0.1, -0.05) is 0 Å². The van der Waals surface area contributed by atoms with Crippen LogP contribution in [-0.2, 0) is 4.79 Å². The van der Waals surface area contributed by atoms with Crippen LogP contribution in [0.25, 0.3) is 0 Å². The molecule has 1 amide bonds. The minimum absolute atomic E-state index is 0.0470. The average Bonchev–Trinajstić information content (AvgIpc) is 2.99. The molecule has 0 spiro atoms. The summed E-state index contributed by atoms with van der Waals surface area (Å²) < 4.78 is 5.67. The van der Waals surface area contributed by atoms with Gasteiger partial charge in [0.2, 0.25) is 5.91 Å². The normalized spacial score (nSPS) is 15.0. The smallest absolute Gasteiger partial charge is 0.223 e. The van der Waals surface area contributed by atoms with Crippen molar-refractivity contribution in [2.24, 2.45) is 0 Å². The number of hydrogen-bond acceptors (Lipinski definition) is 4. The van der Waals surface area contributed by atoms with Crippen LogP contribution >= 0.6 is 12.2 Å². The second-order valence-electron chi connectivity index (χ2n) is 8.28. The fourth-order valence-corrected chi connectivity index (χ4v) is 4.37. The van der Waals surface area contributed by atoms with E-state index in [0.29, 0.717) is 24.3 Å². The molecule has 0 aromatic heterocycles. The highest BCUT2D eigenvalue weighted by Crippen LogP contribution is 2.37. The number of ether oxygens (including phenoxy) is 1. The number of carbonyl (C=O) groups is 1. The predicted molar refractivity (Wildman–Crippen MR) is 128 cm³/mol. The van der Waals surface area contributed by atoms with Crippen LogP contribution in [-0.4, -0.2) is 36.8 Å². The summed E-state index contributed by atoms with van der Waals surface area (Å²) in [6.07, 6.45) is 0.319. The van der Waals surface area contributed by atoms with Crippen LogP contribution < -0.4 is 19.9 Å². The third-order valence-electron chi connectivity index (χ3n) is 5.71. The Labute approximate surface area is 189 Å². The van der Waals surface area contributed by atoms with E-state index in [1.807, 2.05) is 50.2 Å². The van der Waals surface area contributed by atoms with Gasteiger partial charge in [-0.2, -0.15) is 5.26 Å². The molecule has 2 aromatic carbocycles. The van der Waals surface area contributed by atoms with Crippen LogP contribution in [0.1, 0.15) is 37.0 Å². The Hall–Kier alpha value is -3.11. The lowest BCUT2D eigenvalue weighted by atomic mass is 10.0. The number of carbonyl (C=O) groups excluding carboxylic acids is 1. The summed E-state index contributed by atoms with van der Waals surface area (Å²) in [5, 5.41) is 12.6. The van der Waals surface area contributed by atoms with Crippen molar-refractivity contribution in [3.05, 3.63) is 53.1 Å². The molecule has 2 aromatic rings. The molecule has 1 heterocycles. The fourth-order valence-electron chi connectivity index (χ4n) is 3.85. The van der Waals surface area contributed by atoms with Crippen molar-refractivity contribution in [2.75, 3.05) is 30.0 Å². The van der Waals surface area contributed by atoms with Crippen LogP contribution in [0.15, 0.2) is 36.4 Å². The van der Waals surface area contributed by atoms with E-state index in [0.717, 1.165) is 34.2 Å². The maximum absolute atomic E-state index is 11.3. The number of nitrogens with zero attached hydrogens (tertiary/aromatic N) is 3. The van der Waals surface area contributed by atoms with Gasteiger partial charge in [0.15, 0.2) is 5.11 Å². The van der Waals surface area contributed by atoms with E-state index in [-0.39, 0.29) is 11.4 Å². The largest absolute Gasteiger partial charge is 0.493 e. The van der Waals surface area contributed by atoms with Gasteiger partial charge in [-0.25, -0.2) is 0 Å². The lowest BCUT2D eigenvalue weighted by Crippen LogP contribution is -2.42. The first-order chi connectivity index (χ1) is 14.7. The van der Waals surface area contributed by atoms with E-state index in [1.165, 1.54) is 0 Å². The van der Waals surface area contributed by atoms with Gasteiger partial charge < -0.3 is 19.9 Å². The first kappa shape index (κ1) is 22.6. The van der Waals surface area contributed by atoms with Crippen molar-refractivity contribution in [3.8, 4) is 11.8 Å². The molecule has 0 aliphatic carbocycles. The van der Waals surface area contributed by atoms with Crippen LogP contribution in [0, 0.1) is 25.2 Å². The molecule has 1 aliphatic heterocycles. The van der Waals surface area contributed by atoms with Gasteiger partial charge in [-0.05, 0) is 87.4 Å². The summed E-state index contributed by atoms with van der Waals surface area (Å²) in [5.41, 5.74) is 4.54. The van der Waals surface area contributed by atoms with Crippen molar-refractivity contribution in [2.45, 2.75) is 39.7 Å². The van der Waals surface area contributed by atoms with Gasteiger partial charge in [-0.3, -0.25) is 4.79 Å². The summed E-state index contributed by atoms with van der Waals surface area (Å²) in [4.78, 5) is 15.6. The quantitative estimate of drug-likeness (QED) is 0.688. The van der Waals surface area contributed by atoms with Gasteiger partial charge >= 0.3 is 0 Å². The van der Waals surface area contributed by atoms with E-state index in [1.54, 1.807) is 7.05 Å². The topological polar surface area (TPSA) is 68.6 Å². The summed E-state index contributed by atoms with van der Waals surface area (Å²) in [6.45, 7) is 9.41. The van der Waals surface area contributed by atoms with Crippen LogP contribution in [0.2, 0.25) is 0 Å². The molecule has 0 bridgehead atoms. The number of amides is 1. The summed E-state index contributed by atoms with van der Waals surface area (Å²) in [5.74, 6) is 0.667. The van der Waals surface area contributed by atoms with Gasteiger partial charge in [0.25, 0.3) is 0 Å². The molecule has 162 valence electrons. The minimum atomic E-state index is -0.215. The zero-order valence-electron chi connectivity index (χ0n) is 18.7. The van der Waals surface area contributed by atoms with Crippen LogP contribution in [0.3, 0.4) is 0 Å². The summed E-state index contributed by atoms with van der Waals surface area (Å²) in [6, 6.07) is 13.9. The van der Waals surface area contributed by atoms with Crippen molar-refractivity contribution in [1.29, 1.82) is 5.26 Å². The second kappa shape index (κ2) is 8.94. The standard InChI is InChI=1S/C24H28N4O2S/c1-16-17(2)21(11-6-18(16)14-25)27-15-24(3,4)28(23(27)31)19-7-9-20(10-8-19)30-13-12-22(29)26-5/h6-11H,12-13,15H2,1-5H3,(H,26,29). The molecule has 0 radical (unpaired) electrons. The highest BCUT2D eigenvalue weighted by molar-refractivity contribution is 7.80. The van der Waals surface area contributed by atoms with Gasteiger partial charge in [0.05, 0.1) is 30.2 Å². The first-order valence-corrected chi connectivity index (χ1v) is 10.7. The Kier molecular flexibility index (Phi) is 6.51. The first-order valence-electron chi connectivity index (χ1n) is 10.2. The molecule has 6 nitrogen and oxygen atoms in total. The van der Waals surface area contributed by atoms with Gasteiger partial charge in [0.1, 0.15) is 5.75 Å². The number of rotatable bonds is 6. The molecule has 1 aliphatic rings. The molecule has 1 saturated heterocycles. The van der Waals surface area contributed by atoms with E-state index in [9.17, 15) is 10.1 Å². The molecule has 31 heavy (non-hydrogen) atoms. The molecule has 1 fully saturated rings. The molecular formula is C24H28N4O2S. The van der Waals surface area contributed by atoms with E-state index in [4.69, 9.17) is 17.0 Å². The number of benzene rings is 2. The fraction of sp³-hybridized carbons (Fsp3) is 0.375. The third-order valence-corrected chi connectivity index (χ3v) is 6.12. The highest BCUT2D eigenvalue weighted by Gasteiger charge is 2.42. The third kappa shape index (κ3) is 4.49. The number of hydrogen-bond donors (Lipinski definition) is 1. The Bertz CT molecular complexity index is 1040. The SMILES string of the molecule is CNC(=O)CCOc1ccc(N2C(=S)N(c3ccc(C#N)c(C)c3C)CC2(C)C)cc1. The molecule has 7 heteroatoms. The maximum Gasteiger partial charge on any atom is 0.223 e. The lowest BCUT2D eigenvalue weighted by molar-refractivity contribution is -0.121. The van der Waals surface area contributed by atoms with Crippen molar-refractivity contribution >= 4 is 34.6 Å². The second-order valence-corrected chi connectivity index (χ2v) is 8.64. The summed E-state index contributed by atoms with van der Waals surface area (Å²) in [7, 11) is 1.61. The minimum Gasteiger partial charge on any atom is -0.493 e. The van der Waals surface area contributed by atoms with Crippen molar-refractivity contribution in [1.82, 2.24) is 5.32 Å². The Morgan fingerprint density at radius 3 is 2.48 bits per heavy atom. The van der Waals surface area contributed by atoms with Gasteiger partial charge in [0, 0.05) is 25.0 Å². The van der Waals surface area contributed by atoms with Gasteiger partial charge in [-0.15, -0.1) is 0 Å². The Morgan fingerprint density at radius 2 is 1.87 bits per heavy atom. The summed E-state index contributed by atoms with van der Waals surface area (Å²) >= 11 is 5.90. The molecular weight excluding hydrogens is 408 g/mol. The number of nitrogens with one attached hydrogen (secondary N) is 1. The van der Waals surface area contributed by atoms with Crippen LogP contribution in [0.4, 0.5) is 11.4 Å². The van der Waals surface area contributed by atoms with E-state index in [2.05, 4.69) is 35.0 Å². The molecule has 0 unspecified atom stereocenters.